The average molecular weight is 669 g/mol. The minimum Gasteiger partial charge on any atom is -0.246 e. The van der Waals surface area contributed by atoms with Crippen molar-refractivity contribution in [3.63, 3.8) is 0 Å². The molecule has 0 radical (unpaired) electrons. The van der Waals surface area contributed by atoms with Crippen LogP contribution in [0.15, 0.2) is 170 Å². The lowest BCUT2D eigenvalue weighted by atomic mass is 9.93. The van der Waals surface area contributed by atoms with Crippen LogP contribution < -0.4 is 0 Å². The molecule has 10 aromatic rings. The highest BCUT2D eigenvalue weighted by atomic mass is 32.1. The van der Waals surface area contributed by atoms with Crippen molar-refractivity contribution in [3.8, 4) is 56.5 Å². The first kappa shape index (κ1) is 29.4. The summed E-state index contributed by atoms with van der Waals surface area (Å²) in [7, 11) is 0. The lowest BCUT2D eigenvalue weighted by Gasteiger charge is -2.15. The topological polar surface area (TPSA) is 51.6 Å². The van der Waals surface area contributed by atoms with E-state index in [1.807, 2.05) is 72.0 Å². The largest absolute Gasteiger partial charge is 0.246 e. The average Bonchev–Trinajstić information content (AvgIpc) is 3.60. The van der Waals surface area contributed by atoms with Crippen molar-refractivity contribution in [2.45, 2.75) is 0 Å². The second-order valence-electron chi connectivity index (χ2n) is 12.6. The zero-order valence-corrected chi connectivity index (χ0v) is 28.2. The fourth-order valence-electron chi connectivity index (χ4n) is 7.14. The molecule has 5 heteroatoms. The van der Waals surface area contributed by atoms with E-state index in [4.69, 9.17) is 19.9 Å². The van der Waals surface area contributed by atoms with Gasteiger partial charge in [0.2, 0.25) is 0 Å². The number of para-hydroxylation sites is 1. The molecule has 0 N–H and O–H groups in total. The smallest absolute Gasteiger partial charge is 0.164 e. The summed E-state index contributed by atoms with van der Waals surface area (Å²) >= 11 is 1.85. The molecule has 0 atom stereocenters. The molecule has 0 spiro atoms. The van der Waals surface area contributed by atoms with Crippen LogP contribution in [0.1, 0.15) is 0 Å². The summed E-state index contributed by atoms with van der Waals surface area (Å²) in [6, 6.07) is 59.0. The summed E-state index contributed by atoms with van der Waals surface area (Å²) in [6.45, 7) is 0. The fourth-order valence-corrected chi connectivity index (χ4v) is 8.26. The van der Waals surface area contributed by atoms with Crippen molar-refractivity contribution in [1.82, 2.24) is 19.9 Å². The molecule has 3 heterocycles. The van der Waals surface area contributed by atoms with Gasteiger partial charge in [0.15, 0.2) is 17.5 Å². The minimum absolute atomic E-state index is 0.625. The second-order valence-corrected chi connectivity index (χ2v) is 13.7. The van der Waals surface area contributed by atoms with E-state index < -0.39 is 0 Å². The van der Waals surface area contributed by atoms with Gasteiger partial charge in [-0.2, -0.15) is 0 Å². The van der Waals surface area contributed by atoms with Gasteiger partial charge in [-0.1, -0.05) is 152 Å². The first-order chi connectivity index (χ1) is 25.3. The number of pyridine rings is 1. The zero-order valence-electron chi connectivity index (χ0n) is 27.4. The minimum atomic E-state index is 0.625. The van der Waals surface area contributed by atoms with E-state index in [1.165, 1.54) is 25.6 Å². The van der Waals surface area contributed by atoms with E-state index in [2.05, 4.69) is 109 Å². The zero-order chi connectivity index (χ0) is 33.7. The number of nitrogens with zero attached hydrogens (tertiary/aromatic N) is 4. The van der Waals surface area contributed by atoms with Crippen molar-refractivity contribution < 1.29 is 0 Å². The predicted molar refractivity (Wildman–Crippen MR) is 213 cm³/mol. The van der Waals surface area contributed by atoms with Crippen LogP contribution in [0.3, 0.4) is 0 Å². The van der Waals surface area contributed by atoms with E-state index in [1.54, 1.807) is 0 Å². The summed E-state index contributed by atoms with van der Waals surface area (Å²) in [6.07, 6.45) is 0. The lowest BCUT2D eigenvalue weighted by Crippen LogP contribution is -2.00. The van der Waals surface area contributed by atoms with Crippen LogP contribution in [0, 0.1) is 0 Å². The van der Waals surface area contributed by atoms with Crippen LogP contribution in [-0.2, 0) is 0 Å². The number of aromatic nitrogens is 4. The van der Waals surface area contributed by atoms with E-state index in [0.29, 0.717) is 17.5 Å². The van der Waals surface area contributed by atoms with Gasteiger partial charge in [-0.3, -0.25) is 0 Å². The molecule has 0 saturated carbocycles. The lowest BCUT2D eigenvalue weighted by molar-refractivity contribution is 1.07. The van der Waals surface area contributed by atoms with Crippen LogP contribution in [0.5, 0.6) is 0 Å². The molecule has 10 rings (SSSR count). The molecular formula is C46H28N4S. The maximum atomic E-state index is 5.49. The molecule has 0 aliphatic carbocycles. The molecule has 0 bridgehead atoms. The van der Waals surface area contributed by atoms with Crippen LogP contribution in [-0.4, -0.2) is 19.9 Å². The monoisotopic (exact) mass is 668 g/mol. The Morgan fingerprint density at radius 3 is 1.59 bits per heavy atom. The maximum absolute atomic E-state index is 5.49. The van der Waals surface area contributed by atoms with E-state index in [9.17, 15) is 0 Å². The van der Waals surface area contributed by atoms with Gasteiger partial charge in [0, 0.05) is 64.1 Å². The molecule has 238 valence electrons. The normalized spacial score (nSPS) is 11.5. The molecule has 3 aromatic heterocycles. The van der Waals surface area contributed by atoms with Gasteiger partial charge in [-0.05, 0) is 23.8 Å². The Morgan fingerprint density at radius 2 is 0.882 bits per heavy atom. The van der Waals surface area contributed by atoms with Crippen molar-refractivity contribution in [3.05, 3.63) is 170 Å². The number of hydrogen-bond acceptors (Lipinski definition) is 5. The second kappa shape index (κ2) is 12.1. The molecule has 0 fully saturated rings. The van der Waals surface area contributed by atoms with Gasteiger partial charge >= 0.3 is 0 Å². The standard InChI is InChI=1S/C46H28N4S/c1-4-14-29(15-5-1)42-37-26-27-39-41(35-22-10-11-25-38(35)51-39)40(37)36-24-13-23-34(43(36)47-42)32-20-12-21-33(28-32)46-49-44(30-16-6-2-7-17-30)48-45(50-46)31-18-8-3-9-19-31/h1-28H. The highest BCUT2D eigenvalue weighted by Gasteiger charge is 2.19. The Balaban J connectivity index is 1.22. The third kappa shape index (κ3) is 5.06. The number of rotatable bonds is 5. The van der Waals surface area contributed by atoms with Crippen LogP contribution in [0.4, 0.5) is 0 Å². The number of benzene rings is 7. The summed E-state index contributed by atoms with van der Waals surface area (Å²) in [5.41, 5.74) is 7.96. The Hall–Kier alpha value is -6.56. The third-order valence-corrected chi connectivity index (χ3v) is 10.6. The molecule has 0 aliphatic rings. The highest BCUT2D eigenvalue weighted by Crippen LogP contribution is 2.45. The SMILES string of the molecule is c1ccc(-c2nc(-c3ccccc3)nc(-c3cccc(-c4cccc5c4nc(-c4ccccc4)c4ccc6sc7ccccc7c6c45)c3)n2)cc1. The van der Waals surface area contributed by atoms with Gasteiger partial charge in [-0.25, -0.2) is 19.9 Å². The molecule has 7 aromatic carbocycles. The summed E-state index contributed by atoms with van der Waals surface area (Å²) < 4.78 is 2.57. The molecule has 0 aliphatic heterocycles. The van der Waals surface area contributed by atoms with E-state index in [0.717, 1.165) is 55.4 Å². The Morgan fingerprint density at radius 1 is 0.333 bits per heavy atom. The van der Waals surface area contributed by atoms with Gasteiger partial charge in [-0.15, -0.1) is 11.3 Å². The number of thiophene rings is 1. The van der Waals surface area contributed by atoms with Crippen molar-refractivity contribution in [2.24, 2.45) is 0 Å². The molecule has 0 unspecified atom stereocenters. The number of hydrogen-bond donors (Lipinski definition) is 0. The number of fused-ring (bicyclic) bond motifs is 7. The molecule has 0 amide bonds. The van der Waals surface area contributed by atoms with Crippen LogP contribution in [0.25, 0.3) is 98.4 Å². The van der Waals surface area contributed by atoms with Gasteiger partial charge in [0.25, 0.3) is 0 Å². The van der Waals surface area contributed by atoms with E-state index >= 15 is 0 Å². The van der Waals surface area contributed by atoms with Crippen LogP contribution in [0.2, 0.25) is 0 Å². The molecule has 4 nitrogen and oxygen atoms in total. The maximum Gasteiger partial charge on any atom is 0.164 e. The quantitative estimate of drug-likeness (QED) is 0.171. The van der Waals surface area contributed by atoms with Gasteiger partial charge in [0.1, 0.15) is 0 Å². The Bertz CT molecular complexity index is 2840. The summed E-state index contributed by atoms with van der Waals surface area (Å²) in [5.74, 6) is 1.91. The predicted octanol–water partition coefficient (Wildman–Crippen LogP) is 12.3. The van der Waals surface area contributed by atoms with Crippen molar-refractivity contribution in [1.29, 1.82) is 0 Å². The first-order valence-corrected chi connectivity index (χ1v) is 17.8. The molecular weight excluding hydrogens is 641 g/mol. The first-order valence-electron chi connectivity index (χ1n) is 17.0. The molecule has 0 saturated heterocycles. The van der Waals surface area contributed by atoms with Crippen molar-refractivity contribution >= 4 is 53.2 Å². The Labute approximate surface area is 298 Å². The fraction of sp³-hybridized carbons (Fsp3) is 0. The van der Waals surface area contributed by atoms with Crippen LogP contribution >= 0.6 is 11.3 Å². The van der Waals surface area contributed by atoms with Gasteiger partial charge < -0.3 is 0 Å². The summed E-state index contributed by atoms with van der Waals surface area (Å²) in [4.78, 5) is 20.4. The summed E-state index contributed by atoms with van der Waals surface area (Å²) in [5, 5.41) is 6.10. The third-order valence-electron chi connectivity index (χ3n) is 9.51. The highest BCUT2D eigenvalue weighted by molar-refractivity contribution is 7.26. The van der Waals surface area contributed by atoms with Crippen molar-refractivity contribution in [2.75, 3.05) is 0 Å². The van der Waals surface area contributed by atoms with E-state index in [-0.39, 0.29) is 0 Å². The van der Waals surface area contributed by atoms with Gasteiger partial charge in [0.05, 0.1) is 11.2 Å². The Kier molecular flexibility index (Phi) is 6.96. The molecule has 51 heavy (non-hydrogen) atoms.